The third-order valence-electron chi connectivity index (χ3n) is 7.87. The lowest BCUT2D eigenvalue weighted by atomic mass is 9.81. The summed E-state index contributed by atoms with van der Waals surface area (Å²) >= 11 is 0. The molecule has 0 spiro atoms. The van der Waals surface area contributed by atoms with Gasteiger partial charge in [-0.05, 0) is 100 Å². The van der Waals surface area contributed by atoms with Gasteiger partial charge in [0.05, 0.1) is 0 Å². The Bertz CT molecular complexity index is 812. The molecule has 0 aromatic rings. The van der Waals surface area contributed by atoms with Crippen LogP contribution in [0, 0.1) is 23.2 Å². The molecule has 1 aliphatic heterocycles. The highest BCUT2D eigenvalue weighted by molar-refractivity contribution is 5.76. The molecule has 3 nitrogen and oxygen atoms in total. The average Bonchev–Trinajstić information content (AvgIpc) is 2.82. The van der Waals surface area contributed by atoms with E-state index in [1.54, 1.807) is 13.8 Å². The van der Waals surface area contributed by atoms with Gasteiger partial charge in [-0.25, -0.2) is 0 Å². The fraction of sp³-hybridized carbons (Fsp3) is 0.700. The van der Waals surface area contributed by atoms with Crippen molar-refractivity contribution in [1.29, 1.82) is 5.41 Å². The van der Waals surface area contributed by atoms with Crippen LogP contribution in [-0.4, -0.2) is 43.5 Å². The first-order valence-corrected chi connectivity index (χ1v) is 13.7. The molecule has 2 atom stereocenters. The lowest BCUT2D eigenvalue weighted by Crippen LogP contribution is -2.36. The molecule has 0 bridgehead atoms. The van der Waals surface area contributed by atoms with Crippen molar-refractivity contribution in [3.63, 3.8) is 0 Å². The smallest absolute Gasteiger partial charge is 0.390 e. The Morgan fingerprint density at radius 2 is 1.72 bits per heavy atom. The van der Waals surface area contributed by atoms with Gasteiger partial charge in [-0.2, -0.15) is 13.2 Å². The van der Waals surface area contributed by atoms with E-state index in [2.05, 4.69) is 37.6 Å². The fourth-order valence-electron chi connectivity index (χ4n) is 4.96. The molecule has 1 rings (SSSR count). The number of rotatable bonds is 14. The third kappa shape index (κ3) is 9.91. The second-order valence-corrected chi connectivity index (χ2v) is 10.7. The summed E-state index contributed by atoms with van der Waals surface area (Å²) in [4.78, 5) is 2.35. The Morgan fingerprint density at radius 3 is 2.19 bits per heavy atom. The van der Waals surface area contributed by atoms with Crippen LogP contribution >= 0.6 is 0 Å². The molecule has 0 amide bonds. The highest BCUT2D eigenvalue weighted by Crippen LogP contribution is 2.40. The minimum atomic E-state index is -4.30. The lowest BCUT2D eigenvalue weighted by molar-refractivity contribution is -0.0992. The second kappa shape index (κ2) is 15.4. The molecular weight excluding hydrogens is 459 g/mol. The molecule has 2 unspecified atom stereocenters. The van der Waals surface area contributed by atoms with Gasteiger partial charge in [-0.3, -0.25) is 4.90 Å². The number of hydrogen-bond acceptors (Lipinski definition) is 3. The van der Waals surface area contributed by atoms with E-state index in [9.17, 15) is 13.2 Å². The highest BCUT2D eigenvalue weighted by Gasteiger charge is 2.38. The van der Waals surface area contributed by atoms with E-state index in [1.165, 1.54) is 6.21 Å². The molecule has 6 heteroatoms. The number of halogens is 3. The van der Waals surface area contributed by atoms with E-state index in [4.69, 9.17) is 5.41 Å². The third-order valence-corrected chi connectivity index (χ3v) is 7.87. The maximum absolute atomic E-state index is 14.1. The number of nitrogens with zero attached hydrogens (tertiary/aromatic N) is 1. The second-order valence-electron chi connectivity index (χ2n) is 10.7. The van der Waals surface area contributed by atoms with Crippen molar-refractivity contribution < 1.29 is 13.2 Å². The summed E-state index contributed by atoms with van der Waals surface area (Å²) in [6, 6.07) is 0. The molecule has 0 aliphatic carbocycles. The molecule has 1 aliphatic rings. The van der Waals surface area contributed by atoms with Crippen molar-refractivity contribution >= 4 is 6.21 Å². The Hall–Kier alpha value is -1.82. The fourth-order valence-corrected chi connectivity index (χ4v) is 4.96. The molecule has 0 aromatic carbocycles. The Kier molecular flexibility index (Phi) is 13.8. The van der Waals surface area contributed by atoms with E-state index in [0.717, 1.165) is 67.6 Å². The summed E-state index contributed by atoms with van der Waals surface area (Å²) in [7, 11) is 0. The summed E-state index contributed by atoms with van der Waals surface area (Å²) in [5.74, 6) is 0.169. The SMILES string of the molecule is C=C(C)C(C)CN/C=C(\C=N)CN1CCC(/C(C)=C(CCCC)/C(C)=C(\C(C)CC)C(F)(F)F)CC1. The first-order chi connectivity index (χ1) is 16.9. The van der Waals surface area contributed by atoms with E-state index < -0.39 is 12.1 Å². The van der Waals surface area contributed by atoms with Crippen LogP contribution in [-0.2, 0) is 0 Å². The summed E-state index contributed by atoms with van der Waals surface area (Å²) in [5.41, 5.74) is 4.24. The normalized spacial score (nSPS) is 19.3. The van der Waals surface area contributed by atoms with Gasteiger partial charge in [0.2, 0.25) is 0 Å². The first-order valence-electron chi connectivity index (χ1n) is 13.7. The molecular formula is C30H50F3N3. The van der Waals surface area contributed by atoms with Gasteiger partial charge in [0.25, 0.3) is 0 Å². The van der Waals surface area contributed by atoms with Crippen LogP contribution < -0.4 is 5.32 Å². The minimum absolute atomic E-state index is 0.302. The predicted octanol–water partition coefficient (Wildman–Crippen LogP) is 8.47. The van der Waals surface area contributed by atoms with Gasteiger partial charge < -0.3 is 10.7 Å². The quantitative estimate of drug-likeness (QED) is 0.140. The molecule has 2 N–H and O–H groups in total. The molecule has 36 heavy (non-hydrogen) atoms. The number of likely N-dealkylation sites (tertiary alicyclic amines) is 1. The van der Waals surface area contributed by atoms with Crippen molar-refractivity contribution in [2.75, 3.05) is 26.2 Å². The molecule has 1 heterocycles. The summed E-state index contributed by atoms with van der Waals surface area (Å²) in [6.45, 7) is 20.8. The van der Waals surface area contributed by atoms with Crippen LogP contribution in [0.4, 0.5) is 13.2 Å². The van der Waals surface area contributed by atoms with Crippen molar-refractivity contribution in [2.24, 2.45) is 17.8 Å². The van der Waals surface area contributed by atoms with E-state index in [1.807, 2.05) is 20.0 Å². The van der Waals surface area contributed by atoms with Gasteiger partial charge in [0, 0.05) is 31.1 Å². The number of piperidine rings is 1. The van der Waals surface area contributed by atoms with Crippen LogP contribution in [0.25, 0.3) is 0 Å². The summed E-state index contributed by atoms with van der Waals surface area (Å²) in [6.07, 6.45) is 3.95. The van der Waals surface area contributed by atoms with Crippen molar-refractivity contribution in [1.82, 2.24) is 10.2 Å². The molecule has 0 radical (unpaired) electrons. The summed E-state index contributed by atoms with van der Waals surface area (Å²) in [5, 5.41) is 11.1. The monoisotopic (exact) mass is 509 g/mol. The van der Waals surface area contributed by atoms with E-state index in [0.29, 0.717) is 36.8 Å². The lowest BCUT2D eigenvalue weighted by Gasteiger charge is -2.34. The standard InChI is InChI=1S/C30H50F3N3/c1-9-11-12-28(25(8)29(22(5)10-2)30(31,32)33)24(7)27-13-15-36(16-14-27)20-26(17-34)19-35-18-23(6)21(3)4/h17,19,22-23,27,34-35H,3,9-16,18,20H2,1-2,4-8H3/b26-19+,28-24+,29-25+,34-17?. The largest absolute Gasteiger partial charge is 0.413 e. The van der Waals surface area contributed by atoms with E-state index in [-0.39, 0.29) is 5.57 Å². The zero-order valence-corrected chi connectivity index (χ0v) is 23.7. The van der Waals surface area contributed by atoms with E-state index >= 15 is 0 Å². The van der Waals surface area contributed by atoms with Crippen LogP contribution in [0.5, 0.6) is 0 Å². The van der Waals surface area contributed by atoms with Crippen molar-refractivity contribution in [3.8, 4) is 0 Å². The van der Waals surface area contributed by atoms with Crippen LogP contribution in [0.3, 0.4) is 0 Å². The van der Waals surface area contributed by atoms with Crippen LogP contribution in [0.2, 0.25) is 0 Å². The van der Waals surface area contributed by atoms with Gasteiger partial charge in [-0.15, -0.1) is 0 Å². The molecule has 0 saturated carbocycles. The number of allylic oxidation sites excluding steroid dienone is 4. The van der Waals surface area contributed by atoms with Crippen LogP contribution in [0.1, 0.15) is 87.0 Å². The van der Waals surface area contributed by atoms with Gasteiger partial charge in [0.15, 0.2) is 0 Å². The zero-order chi connectivity index (χ0) is 27.5. The maximum Gasteiger partial charge on any atom is 0.413 e. The number of alkyl halides is 3. The molecule has 1 fully saturated rings. The number of nitrogens with one attached hydrogen (secondary N) is 2. The zero-order valence-electron chi connectivity index (χ0n) is 23.7. The Balaban J connectivity index is 3.02. The first kappa shape index (κ1) is 32.2. The predicted molar refractivity (Wildman–Crippen MR) is 148 cm³/mol. The molecule has 0 aromatic heterocycles. The van der Waals surface area contributed by atoms with Gasteiger partial charge in [-0.1, -0.05) is 51.8 Å². The average molecular weight is 510 g/mol. The minimum Gasteiger partial charge on any atom is -0.390 e. The summed E-state index contributed by atoms with van der Waals surface area (Å²) < 4.78 is 42.2. The van der Waals surface area contributed by atoms with Crippen molar-refractivity contribution in [3.05, 3.63) is 46.2 Å². The van der Waals surface area contributed by atoms with Crippen molar-refractivity contribution in [2.45, 2.75) is 93.2 Å². The molecule has 206 valence electrons. The highest BCUT2D eigenvalue weighted by atomic mass is 19.4. The van der Waals surface area contributed by atoms with Crippen LogP contribution in [0.15, 0.2) is 46.2 Å². The molecule has 1 saturated heterocycles. The van der Waals surface area contributed by atoms with Gasteiger partial charge >= 0.3 is 6.18 Å². The number of unbranched alkanes of at least 4 members (excludes halogenated alkanes) is 1. The Labute approximate surface area is 218 Å². The topological polar surface area (TPSA) is 39.1 Å². The van der Waals surface area contributed by atoms with Gasteiger partial charge in [0.1, 0.15) is 0 Å². The Morgan fingerprint density at radius 1 is 1.11 bits per heavy atom. The number of hydrogen-bond donors (Lipinski definition) is 2. The maximum atomic E-state index is 14.1.